The summed E-state index contributed by atoms with van der Waals surface area (Å²) in [6, 6.07) is 0.446. The van der Waals surface area contributed by atoms with E-state index in [1.54, 1.807) is 4.90 Å². The van der Waals surface area contributed by atoms with Gasteiger partial charge in [-0.15, -0.1) is 0 Å². The fraction of sp³-hybridized carbons (Fsp3) is 0.889. The quantitative estimate of drug-likeness (QED) is 0.814. The van der Waals surface area contributed by atoms with Gasteiger partial charge < -0.3 is 20.3 Å². The van der Waals surface area contributed by atoms with Crippen LogP contribution in [0.2, 0.25) is 0 Å². The van der Waals surface area contributed by atoms with Crippen molar-refractivity contribution < 1.29 is 14.3 Å². The monoisotopic (exact) mass is 337 g/mol. The van der Waals surface area contributed by atoms with Gasteiger partial charge in [0.2, 0.25) is 0 Å². The van der Waals surface area contributed by atoms with Crippen LogP contribution in [-0.4, -0.2) is 49.3 Å². The second-order valence-corrected chi connectivity index (χ2v) is 7.66. The van der Waals surface area contributed by atoms with Crippen molar-refractivity contribution in [2.24, 2.45) is 11.8 Å². The van der Waals surface area contributed by atoms with Crippen molar-refractivity contribution in [3.05, 3.63) is 0 Å². The minimum Gasteiger partial charge on any atom is -0.453 e. The number of carbonyl (C=O) groups excluding carboxylic acids is 2. The molecule has 0 aromatic heterocycles. The van der Waals surface area contributed by atoms with E-state index in [0.29, 0.717) is 19.1 Å². The van der Waals surface area contributed by atoms with Crippen LogP contribution in [0.4, 0.5) is 9.59 Å². The van der Waals surface area contributed by atoms with E-state index in [9.17, 15) is 9.59 Å². The summed E-state index contributed by atoms with van der Waals surface area (Å²) in [4.78, 5) is 25.5. The molecule has 0 radical (unpaired) electrons. The summed E-state index contributed by atoms with van der Waals surface area (Å²) in [5, 5.41) is 6.28. The maximum atomic E-state index is 12.3. The lowest BCUT2D eigenvalue weighted by atomic mass is 9.69. The number of hydrogen-bond acceptors (Lipinski definition) is 3. The molecule has 6 heteroatoms. The van der Waals surface area contributed by atoms with Crippen LogP contribution in [0.3, 0.4) is 0 Å². The molecule has 136 valence electrons. The van der Waals surface area contributed by atoms with Gasteiger partial charge in [-0.1, -0.05) is 25.7 Å². The van der Waals surface area contributed by atoms with E-state index in [-0.39, 0.29) is 18.2 Å². The number of methoxy groups -OCH3 is 1. The summed E-state index contributed by atoms with van der Waals surface area (Å²) in [7, 11) is 1.40. The Kier molecular flexibility index (Phi) is 5.85. The summed E-state index contributed by atoms with van der Waals surface area (Å²) < 4.78 is 4.74. The molecule has 1 aliphatic heterocycles. The Morgan fingerprint density at radius 1 is 0.875 bits per heavy atom. The molecule has 0 spiro atoms. The minimum absolute atomic E-state index is 0.0363. The van der Waals surface area contributed by atoms with Crippen LogP contribution in [0.15, 0.2) is 0 Å². The van der Waals surface area contributed by atoms with Gasteiger partial charge >= 0.3 is 12.1 Å². The average Bonchev–Trinajstić information content (AvgIpc) is 2.61. The van der Waals surface area contributed by atoms with Crippen molar-refractivity contribution in [3.63, 3.8) is 0 Å². The Balaban J connectivity index is 1.38. The number of nitrogens with zero attached hydrogens (tertiary/aromatic N) is 1. The number of fused-ring (bicyclic) bond motifs is 1. The molecular formula is C18H31N3O3. The first-order valence-corrected chi connectivity index (χ1v) is 9.55. The summed E-state index contributed by atoms with van der Waals surface area (Å²) in [6.07, 6.45) is 10.3. The second-order valence-electron chi connectivity index (χ2n) is 7.66. The molecule has 2 saturated carbocycles. The van der Waals surface area contributed by atoms with Gasteiger partial charge in [-0.05, 0) is 43.9 Å². The maximum absolute atomic E-state index is 12.3. The fourth-order valence-electron chi connectivity index (χ4n) is 4.75. The summed E-state index contributed by atoms with van der Waals surface area (Å²) in [5.41, 5.74) is 0. The summed E-state index contributed by atoms with van der Waals surface area (Å²) in [6.45, 7) is 1.29. The lowest BCUT2D eigenvalue weighted by molar-refractivity contribution is 0.110. The van der Waals surface area contributed by atoms with E-state index in [4.69, 9.17) is 4.74 Å². The Morgan fingerprint density at radius 2 is 1.54 bits per heavy atom. The molecule has 6 nitrogen and oxygen atoms in total. The Hall–Kier alpha value is -1.46. The largest absolute Gasteiger partial charge is 0.453 e. The van der Waals surface area contributed by atoms with Gasteiger partial charge in [-0.2, -0.15) is 0 Å². The van der Waals surface area contributed by atoms with Gasteiger partial charge in [0.25, 0.3) is 0 Å². The molecule has 3 atom stereocenters. The highest BCUT2D eigenvalue weighted by atomic mass is 16.5. The number of piperidine rings is 1. The predicted octanol–water partition coefficient (Wildman–Crippen LogP) is 2.88. The topological polar surface area (TPSA) is 70.7 Å². The lowest BCUT2D eigenvalue weighted by Crippen LogP contribution is -2.52. The molecule has 3 fully saturated rings. The van der Waals surface area contributed by atoms with Crippen LogP contribution in [-0.2, 0) is 4.74 Å². The van der Waals surface area contributed by atoms with Crippen LogP contribution in [0.25, 0.3) is 0 Å². The zero-order valence-electron chi connectivity index (χ0n) is 14.8. The molecule has 3 rings (SSSR count). The highest BCUT2D eigenvalue weighted by Crippen LogP contribution is 2.40. The predicted molar refractivity (Wildman–Crippen MR) is 91.8 cm³/mol. The first-order chi connectivity index (χ1) is 11.7. The Morgan fingerprint density at radius 3 is 2.25 bits per heavy atom. The Labute approximate surface area is 144 Å². The molecule has 1 heterocycles. The van der Waals surface area contributed by atoms with Crippen LogP contribution in [0.1, 0.15) is 57.8 Å². The van der Waals surface area contributed by atoms with Crippen molar-refractivity contribution in [1.29, 1.82) is 0 Å². The standard InChI is InChI=1S/C18H31N3O3/c1-24-18(23)21-10-8-15(9-11-21)19-17(22)20-16-7-6-13-4-2-3-5-14(13)12-16/h13-16H,2-12H2,1H3,(H2,19,20,22)/t13-,14-,16-/m1/s1. The van der Waals surface area contributed by atoms with Gasteiger partial charge in [-0.3, -0.25) is 0 Å². The molecule has 0 aromatic rings. The molecule has 0 aromatic carbocycles. The Bertz CT molecular complexity index is 449. The van der Waals surface area contributed by atoms with Crippen molar-refractivity contribution >= 4 is 12.1 Å². The van der Waals surface area contributed by atoms with Gasteiger partial charge in [0.15, 0.2) is 0 Å². The van der Waals surface area contributed by atoms with Crippen molar-refractivity contribution in [1.82, 2.24) is 15.5 Å². The number of carbonyl (C=O) groups is 2. The first-order valence-electron chi connectivity index (χ1n) is 9.55. The van der Waals surface area contributed by atoms with Crippen LogP contribution < -0.4 is 10.6 Å². The maximum Gasteiger partial charge on any atom is 0.409 e. The van der Waals surface area contributed by atoms with Crippen molar-refractivity contribution in [2.45, 2.75) is 69.9 Å². The van der Waals surface area contributed by atoms with Crippen molar-refractivity contribution in [2.75, 3.05) is 20.2 Å². The fourth-order valence-corrected chi connectivity index (χ4v) is 4.75. The number of likely N-dealkylation sites (tertiary alicyclic amines) is 1. The highest BCUT2D eigenvalue weighted by Gasteiger charge is 2.33. The van der Waals surface area contributed by atoms with E-state index in [0.717, 1.165) is 37.5 Å². The summed E-state index contributed by atoms with van der Waals surface area (Å²) in [5.74, 6) is 1.73. The van der Waals surface area contributed by atoms with E-state index in [2.05, 4.69) is 10.6 Å². The van der Waals surface area contributed by atoms with Crippen LogP contribution in [0.5, 0.6) is 0 Å². The third-order valence-electron chi connectivity index (χ3n) is 6.14. The molecule has 0 unspecified atom stereocenters. The third kappa shape index (κ3) is 4.33. The second kappa shape index (κ2) is 8.08. The zero-order chi connectivity index (χ0) is 16.9. The number of nitrogens with one attached hydrogen (secondary N) is 2. The van der Waals surface area contributed by atoms with Gasteiger partial charge in [-0.25, -0.2) is 9.59 Å². The van der Waals surface area contributed by atoms with Crippen molar-refractivity contribution in [3.8, 4) is 0 Å². The molecule has 1 saturated heterocycles. The number of amides is 3. The number of ether oxygens (including phenoxy) is 1. The van der Waals surface area contributed by atoms with Gasteiger partial charge in [0.1, 0.15) is 0 Å². The van der Waals surface area contributed by atoms with Gasteiger partial charge in [0, 0.05) is 25.2 Å². The van der Waals surface area contributed by atoms with E-state index < -0.39 is 0 Å². The minimum atomic E-state index is -0.276. The first kappa shape index (κ1) is 17.4. The van der Waals surface area contributed by atoms with E-state index in [1.165, 1.54) is 39.2 Å². The molecular weight excluding hydrogens is 306 g/mol. The molecule has 3 aliphatic rings. The zero-order valence-corrected chi connectivity index (χ0v) is 14.8. The molecule has 2 N–H and O–H groups in total. The SMILES string of the molecule is COC(=O)N1CCC(NC(=O)N[C@@H]2CC[C@H]3CCCC[C@@H]3C2)CC1. The van der Waals surface area contributed by atoms with E-state index in [1.807, 2.05) is 0 Å². The molecule has 0 bridgehead atoms. The average molecular weight is 337 g/mol. The number of hydrogen-bond donors (Lipinski definition) is 2. The lowest BCUT2D eigenvalue weighted by Gasteiger charge is -2.39. The smallest absolute Gasteiger partial charge is 0.409 e. The number of rotatable bonds is 2. The normalized spacial score (nSPS) is 31.0. The highest BCUT2D eigenvalue weighted by molar-refractivity contribution is 5.74. The van der Waals surface area contributed by atoms with Gasteiger partial charge in [0.05, 0.1) is 7.11 Å². The summed E-state index contributed by atoms with van der Waals surface area (Å²) >= 11 is 0. The third-order valence-corrected chi connectivity index (χ3v) is 6.14. The van der Waals surface area contributed by atoms with Crippen LogP contribution >= 0.6 is 0 Å². The molecule has 24 heavy (non-hydrogen) atoms. The molecule has 2 aliphatic carbocycles. The van der Waals surface area contributed by atoms with Crippen LogP contribution in [0, 0.1) is 11.8 Å². The van der Waals surface area contributed by atoms with E-state index >= 15 is 0 Å². The number of urea groups is 1. The molecule has 3 amide bonds.